The van der Waals surface area contributed by atoms with Gasteiger partial charge in [0.1, 0.15) is 0 Å². The van der Waals surface area contributed by atoms with Crippen LogP contribution in [0.5, 0.6) is 0 Å². The summed E-state index contributed by atoms with van der Waals surface area (Å²) in [6.07, 6.45) is 6.42. The molecule has 3 nitrogen and oxygen atoms in total. The Hall–Kier alpha value is -0.930. The highest BCUT2D eigenvalue weighted by atomic mass is 16.5. The molecule has 0 amide bonds. The van der Waals surface area contributed by atoms with Crippen LogP contribution < -0.4 is 5.32 Å². The number of nitrogens with one attached hydrogen (secondary N) is 1. The van der Waals surface area contributed by atoms with Crippen molar-refractivity contribution in [2.75, 3.05) is 13.2 Å². The lowest BCUT2D eigenvalue weighted by molar-refractivity contribution is 0.0953. The standard InChI is InChI=1S/C14H22N2O/c1-3-7-16-14(12-5-4-8-15-10-12)13-6-9-17-11(13)2/h4-5,8,10-11,13-14,16H,3,6-7,9H2,1-2H3. The van der Waals surface area contributed by atoms with Crippen molar-refractivity contribution in [3.63, 3.8) is 0 Å². The van der Waals surface area contributed by atoms with Crippen molar-refractivity contribution >= 4 is 0 Å². The zero-order chi connectivity index (χ0) is 12.1. The average molecular weight is 234 g/mol. The van der Waals surface area contributed by atoms with Gasteiger partial charge >= 0.3 is 0 Å². The first-order valence-electron chi connectivity index (χ1n) is 6.58. The van der Waals surface area contributed by atoms with Crippen LogP contribution in [0, 0.1) is 5.92 Å². The Bertz CT molecular complexity index is 328. The Morgan fingerprint density at radius 3 is 3.06 bits per heavy atom. The average Bonchev–Trinajstić information content (AvgIpc) is 2.78. The molecule has 0 aliphatic carbocycles. The number of hydrogen-bond acceptors (Lipinski definition) is 3. The maximum absolute atomic E-state index is 5.69. The first kappa shape index (κ1) is 12.5. The van der Waals surface area contributed by atoms with E-state index >= 15 is 0 Å². The summed E-state index contributed by atoms with van der Waals surface area (Å²) in [6, 6.07) is 4.54. The van der Waals surface area contributed by atoms with Crippen molar-refractivity contribution in [3.05, 3.63) is 30.1 Å². The molecule has 1 N–H and O–H groups in total. The molecular weight excluding hydrogens is 212 g/mol. The highest BCUT2D eigenvalue weighted by molar-refractivity contribution is 5.16. The normalized spacial score (nSPS) is 26.0. The van der Waals surface area contributed by atoms with Gasteiger partial charge in [-0.25, -0.2) is 0 Å². The second kappa shape index (κ2) is 6.12. The molecule has 1 saturated heterocycles. The Morgan fingerprint density at radius 2 is 2.47 bits per heavy atom. The number of pyridine rings is 1. The van der Waals surface area contributed by atoms with Gasteiger partial charge < -0.3 is 10.1 Å². The van der Waals surface area contributed by atoms with E-state index in [1.807, 2.05) is 18.5 Å². The van der Waals surface area contributed by atoms with Gasteiger partial charge in [0.05, 0.1) is 6.10 Å². The summed E-state index contributed by atoms with van der Waals surface area (Å²) in [5.74, 6) is 0.561. The highest BCUT2D eigenvalue weighted by Crippen LogP contribution is 2.32. The van der Waals surface area contributed by atoms with Crippen molar-refractivity contribution in [3.8, 4) is 0 Å². The van der Waals surface area contributed by atoms with Gasteiger partial charge in [0.25, 0.3) is 0 Å². The van der Waals surface area contributed by atoms with Gasteiger partial charge in [0.15, 0.2) is 0 Å². The van der Waals surface area contributed by atoms with E-state index in [9.17, 15) is 0 Å². The Labute approximate surface area is 104 Å². The van der Waals surface area contributed by atoms with Crippen LogP contribution in [0.25, 0.3) is 0 Å². The number of aromatic nitrogens is 1. The van der Waals surface area contributed by atoms with Gasteiger partial charge in [-0.05, 0) is 37.9 Å². The Kier molecular flexibility index (Phi) is 4.51. The van der Waals surface area contributed by atoms with E-state index in [1.54, 1.807) is 0 Å². The van der Waals surface area contributed by atoms with Crippen LogP contribution in [-0.2, 0) is 4.74 Å². The maximum atomic E-state index is 5.69. The van der Waals surface area contributed by atoms with E-state index in [1.165, 1.54) is 5.56 Å². The first-order valence-corrected chi connectivity index (χ1v) is 6.58. The highest BCUT2D eigenvalue weighted by Gasteiger charge is 2.32. The summed E-state index contributed by atoms with van der Waals surface area (Å²) in [6.45, 7) is 6.30. The van der Waals surface area contributed by atoms with Crippen LogP contribution >= 0.6 is 0 Å². The molecule has 3 atom stereocenters. The van der Waals surface area contributed by atoms with E-state index in [0.29, 0.717) is 18.1 Å². The molecule has 0 bridgehead atoms. The van der Waals surface area contributed by atoms with Gasteiger partial charge in [-0.15, -0.1) is 0 Å². The lowest BCUT2D eigenvalue weighted by atomic mass is 9.89. The summed E-state index contributed by atoms with van der Waals surface area (Å²) in [4.78, 5) is 4.23. The molecule has 0 aromatic carbocycles. The summed E-state index contributed by atoms with van der Waals surface area (Å²) in [7, 11) is 0. The molecule has 2 heterocycles. The molecule has 3 unspecified atom stereocenters. The lowest BCUT2D eigenvalue weighted by Gasteiger charge is -2.27. The number of ether oxygens (including phenoxy) is 1. The minimum Gasteiger partial charge on any atom is -0.378 e. The minimum absolute atomic E-state index is 0.338. The van der Waals surface area contributed by atoms with E-state index in [4.69, 9.17) is 4.74 Å². The smallest absolute Gasteiger partial charge is 0.0594 e. The molecule has 0 saturated carbocycles. The molecule has 0 spiro atoms. The van der Waals surface area contributed by atoms with Crippen LogP contribution in [0.1, 0.15) is 38.3 Å². The summed E-state index contributed by atoms with van der Waals surface area (Å²) < 4.78 is 5.69. The van der Waals surface area contributed by atoms with Gasteiger partial charge in [-0.2, -0.15) is 0 Å². The summed E-state index contributed by atoms with van der Waals surface area (Å²) in [5, 5.41) is 3.64. The lowest BCUT2D eigenvalue weighted by Crippen LogP contribution is -2.32. The molecule has 1 aromatic heterocycles. The first-order chi connectivity index (χ1) is 8.33. The molecule has 2 rings (SSSR count). The van der Waals surface area contributed by atoms with E-state index < -0.39 is 0 Å². The number of rotatable bonds is 5. The van der Waals surface area contributed by atoms with Crippen molar-refractivity contribution in [2.24, 2.45) is 5.92 Å². The van der Waals surface area contributed by atoms with E-state index in [-0.39, 0.29) is 0 Å². The van der Waals surface area contributed by atoms with E-state index in [0.717, 1.165) is 26.0 Å². The molecule has 94 valence electrons. The molecule has 3 heteroatoms. The molecule has 1 aromatic rings. The zero-order valence-electron chi connectivity index (χ0n) is 10.7. The monoisotopic (exact) mass is 234 g/mol. The summed E-state index contributed by atoms with van der Waals surface area (Å²) >= 11 is 0. The third kappa shape index (κ3) is 3.05. The fourth-order valence-corrected chi connectivity index (χ4v) is 2.56. The number of nitrogens with zero attached hydrogens (tertiary/aromatic N) is 1. The third-order valence-electron chi connectivity index (χ3n) is 3.52. The van der Waals surface area contributed by atoms with Gasteiger partial charge in [-0.1, -0.05) is 13.0 Å². The molecule has 1 aliphatic rings. The molecule has 1 fully saturated rings. The van der Waals surface area contributed by atoms with Gasteiger partial charge in [-0.3, -0.25) is 4.98 Å². The van der Waals surface area contributed by atoms with Crippen LogP contribution in [-0.4, -0.2) is 24.2 Å². The quantitative estimate of drug-likeness (QED) is 0.850. The fraction of sp³-hybridized carbons (Fsp3) is 0.643. The van der Waals surface area contributed by atoms with E-state index in [2.05, 4.69) is 30.2 Å². The SMILES string of the molecule is CCCNC(c1cccnc1)C1CCOC1C. The zero-order valence-corrected chi connectivity index (χ0v) is 10.7. The van der Waals surface area contributed by atoms with Crippen LogP contribution in [0.15, 0.2) is 24.5 Å². The van der Waals surface area contributed by atoms with Gasteiger partial charge in [0, 0.05) is 31.0 Å². The summed E-state index contributed by atoms with van der Waals surface area (Å²) in [5.41, 5.74) is 1.28. The second-order valence-corrected chi connectivity index (χ2v) is 4.75. The number of hydrogen-bond donors (Lipinski definition) is 1. The van der Waals surface area contributed by atoms with Crippen LogP contribution in [0.2, 0.25) is 0 Å². The van der Waals surface area contributed by atoms with Crippen molar-refractivity contribution in [1.29, 1.82) is 0 Å². The molecule has 17 heavy (non-hydrogen) atoms. The van der Waals surface area contributed by atoms with Crippen LogP contribution in [0.4, 0.5) is 0 Å². The molecular formula is C14H22N2O. The minimum atomic E-state index is 0.338. The van der Waals surface area contributed by atoms with Crippen molar-refractivity contribution in [1.82, 2.24) is 10.3 Å². The predicted molar refractivity (Wildman–Crippen MR) is 68.8 cm³/mol. The molecule has 1 aliphatic heterocycles. The topological polar surface area (TPSA) is 34.2 Å². The predicted octanol–water partition coefficient (Wildman–Crippen LogP) is 2.55. The Morgan fingerprint density at radius 1 is 1.59 bits per heavy atom. The van der Waals surface area contributed by atoms with Gasteiger partial charge in [0.2, 0.25) is 0 Å². The molecule has 0 radical (unpaired) electrons. The third-order valence-corrected chi connectivity index (χ3v) is 3.52. The van der Waals surface area contributed by atoms with Crippen LogP contribution in [0.3, 0.4) is 0 Å². The van der Waals surface area contributed by atoms with Crippen molar-refractivity contribution < 1.29 is 4.74 Å². The second-order valence-electron chi connectivity index (χ2n) is 4.75. The fourth-order valence-electron chi connectivity index (χ4n) is 2.56. The Balaban J connectivity index is 2.13. The van der Waals surface area contributed by atoms with Crippen molar-refractivity contribution in [2.45, 2.75) is 38.8 Å². The largest absolute Gasteiger partial charge is 0.378 e. The maximum Gasteiger partial charge on any atom is 0.0594 e.